The Hall–Kier alpha value is -0.950. The van der Waals surface area contributed by atoms with E-state index in [9.17, 15) is 4.39 Å². The predicted octanol–water partition coefficient (Wildman–Crippen LogP) is 2.98. The quantitative estimate of drug-likeness (QED) is 0.836. The smallest absolute Gasteiger partial charge is 0.283 e. The minimum absolute atomic E-state index is 0.114. The molecule has 2 fully saturated rings. The van der Waals surface area contributed by atoms with Gasteiger partial charge in [-0.15, -0.1) is 0 Å². The number of hydrogen-bond acceptors (Lipinski definition) is 5. The molecule has 0 radical (unpaired) electrons. The van der Waals surface area contributed by atoms with Crippen molar-refractivity contribution in [2.45, 2.75) is 70.6 Å². The summed E-state index contributed by atoms with van der Waals surface area (Å²) in [5.41, 5.74) is 0.394. The van der Waals surface area contributed by atoms with Gasteiger partial charge >= 0.3 is 0 Å². The van der Waals surface area contributed by atoms with E-state index in [1.165, 1.54) is 6.26 Å². The van der Waals surface area contributed by atoms with Crippen LogP contribution in [0.25, 0.3) is 0 Å². The maximum atomic E-state index is 13.3. The summed E-state index contributed by atoms with van der Waals surface area (Å²) in [5.74, 6) is -0.642. The van der Waals surface area contributed by atoms with Gasteiger partial charge in [-0.3, -0.25) is 0 Å². The molecule has 2 saturated heterocycles. The molecule has 1 unspecified atom stereocenters. The third kappa shape index (κ3) is 2.73. The van der Waals surface area contributed by atoms with Gasteiger partial charge in [-0.2, -0.15) is 4.39 Å². The molecule has 3 rings (SSSR count). The second kappa shape index (κ2) is 5.68. The topological polar surface area (TPSA) is 50.1 Å². The third-order valence-corrected chi connectivity index (χ3v) is 4.19. The van der Waals surface area contributed by atoms with Gasteiger partial charge < -0.3 is 23.4 Å². The van der Waals surface area contributed by atoms with Crippen molar-refractivity contribution in [2.24, 2.45) is 0 Å². The van der Waals surface area contributed by atoms with Crippen LogP contribution in [0.1, 0.15) is 39.2 Å². The molecule has 2 aliphatic heterocycles. The average molecular weight is 300 g/mol. The Balaban J connectivity index is 1.68. The minimum atomic E-state index is -0.642. The van der Waals surface area contributed by atoms with Crippen molar-refractivity contribution in [1.29, 1.82) is 0 Å². The maximum absolute atomic E-state index is 13.3. The largest absolute Gasteiger partial charge is 0.439 e. The Morgan fingerprint density at radius 2 is 2.14 bits per heavy atom. The molecule has 0 saturated carbocycles. The summed E-state index contributed by atoms with van der Waals surface area (Å²) in [5, 5.41) is 0. The Kier molecular flexibility index (Phi) is 4.05. The van der Waals surface area contributed by atoms with E-state index in [0.717, 1.165) is 12.8 Å². The Morgan fingerprint density at radius 1 is 1.33 bits per heavy atom. The van der Waals surface area contributed by atoms with Crippen molar-refractivity contribution in [3.63, 3.8) is 0 Å². The van der Waals surface area contributed by atoms with E-state index in [-0.39, 0.29) is 24.9 Å². The molecule has 1 aromatic rings. The molecule has 0 bridgehead atoms. The van der Waals surface area contributed by atoms with Crippen LogP contribution in [0.3, 0.4) is 0 Å². The fourth-order valence-electron chi connectivity index (χ4n) is 2.78. The normalized spacial score (nSPS) is 38.9. The minimum Gasteiger partial charge on any atom is -0.439 e. The van der Waals surface area contributed by atoms with E-state index in [0.29, 0.717) is 5.56 Å². The molecule has 3 heterocycles. The highest BCUT2D eigenvalue weighted by Gasteiger charge is 2.55. The molecule has 0 aliphatic carbocycles. The number of halogens is 1. The SMILES string of the molecule is CC[C@H]1O[C@@H]2OC(C)(CC)O[C@@H]2[C@H]1OCc1ccoc1F. The Morgan fingerprint density at radius 3 is 2.76 bits per heavy atom. The van der Waals surface area contributed by atoms with E-state index in [1.807, 2.05) is 20.8 Å². The highest BCUT2D eigenvalue weighted by atomic mass is 19.1. The van der Waals surface area contributed by atoms with Gasteiger partial charge in [-0.1, -0.05) is 13.8 Å². The van der Waals surface area contributed by atoms with E-state index in [4.69, 9.17) is 18.9 Å². The summed E-state index contributed by atoms with van der Waals surface area (Å²) >= 11 is 0. The van der Waals surface area contributed by atoms with E-state index in [2.05, 4.69) is 4.42 Å². The second-order valence-corrected chi connectivity index (χ2v) is 5.63. The molecular formula is C15H21FO5. The number of hydrogen-bond donors (Lipinski definition) is 0. The number of rotatable bonds is 5. The van der Waals surface area contributed by atoms with Gasteiger partial charge in [0, 0.05) is 0 Å². The number of ether oxygens (including phenoxy) is 4. The van der Waals surface area contributed by atoms with Gasteiger partial charge in [-0.05, 0) is 25.8 Å². The summed E-state index contributed by atoms with van der Waals surface area (Å²) in [4.78, 5) is 0. The Bertz CT molecular complexity index is 490. The van der Waals surface area contributed by atoms with E-state index in [1.54, 1.807) is 6.07 Å². The van der Waals surface area contributed by atoms with Crippen LogP contribution in [0, 0.1) is 6.01 Å². The first-order chi connectivity index (χ1) is 10.1. The van der Waals surface area contributed by atoms with Gasteiger partial charge in [0.15, 0.2) is 12.1 Å². The lowest BCUT2D eigenvalue weighted by molar-refractivity contribution is -0.229. The summed E-state index contributed by atoms with van der Waals surface area (Å²) in [7, 11) is 0. The van der Waals surface area contributed by atoms with Gasteiger partial charge in [0.25, 0.3) is 6.01 Å². The van der Waals surface area contributed by atoms with Gasteiger partial charge in [0.05, 0.1) is 24.5 Å². The van der Waals surface area contributed by atoms with Crippen LogP contribution >= 0.6 is 0 Å². The standard InChI is InChI=1S/C15H21FO5/c1-4-10-11(18-8-9-6-7-17-13(9)16)12-14(19-10)21-15(3,5-2)20-12/h6-7,10-12,14H,4-5,8H2,1-3H3/t10-,11+,12-,14-,15?/m1/s1. The van der Waals surface area contributed by atoms with Crippen LogP contribution in [-0.4, -0.2) is 30.4 Å². The highest BCUT2D eigenvalue weighted by Crippen LogP contribution is 2.41. The molecule has 118 valence electrons. The zero-order chi connectivity index (χ0) is 15.0. The van der Waals surface area contributed by atoms with Crippen LogP contribution in [0.5, 0.6) is 0 Å². The molecule has 0 N–H and O–H groups in total. The molecule has 0 aromatic carbocycles. The van der Waals surface area contributed by atoms with E-state index >= 15 is 0 Å². The Labute approximate surface area is 123 Å². The molecule has 1 aromatic heterocycles. The molecule has 2 aliphatic rings. The molecule has 0 amide bonds. The van der Waals surface area contributed by atoms with Crippen LogP contribution in [0.15, 0.2) is 16.7 Å². The van der Waals surface area contributed by atoms with Crippen LogP contribution < -0.4 is 0 Å². The van der Waals surface area contributed by atoms with Crippen molar-refractivity contribution in [3.8, 4) is 0 Å². The molecule has 5 atom stereocenters. The highest BCUT2D eigenvalue weighted by molar-refractivity contribution is 5.06. The predicted molar refractivity (Wildman–Crippen MR) is 70.8 cm³/mol. The van der Waals surface area contributed by atoms with Crippen molar-refractivity contribution >= 4 is 0 Å². The summed E-state index contributed by atoms with van der Waals surface area (Å²) in [6.45, 7) is 6.03. The summed E-state index contributed by atoms with van der Waals surface area (Å²) in [6.07, 6.45) is 1.72. The van der Waals surface area contributed by atoms with Crippen molar-refractivity contribution in [1.82, 2.24) is 0 Å². The lowest BCUT2D eigenvalue weighted by Crippen LogP contribution is -2.37. The molecular weight excluding hydrogens is 279 g/mol. The lowest BCUT2D eigenvalue weighted by Gasteiger charge is -2.27. The third-order valence-electron chi connectivity index (χ3n) is 4.19. The summed E-state index contributed by atoms with van der Waals surface area (Å²) in [6, 6.07) is 0.951. The number of furan rings is 1. The first-order valence-corrected chi connectivity index (χ1v) is 7.41. The van der Waals surface area contributed by atoms with E-state index < -0.39 is 18.1 Å². The van der Waals surface area contributed by atoms with Crippen LogP contribution in [0.2, 0.25) is 0 Å². The number of fused-ring (bicyclic) bond motifs is 1. The first kappa shape index (κ1) is 15.0. The molecule has 0 spiro atoms. The zero-order valence-electron chi connectivity index (χ0n) is 12.5. The maximum Gasteiger partial charge on any atom is 0.283 e. The fraction of sp³-hybridized carbons (Fsp3) is 0.733. The molecule has 5 nitrogen and oxygen atoms in total. The second-order valence-electron chi connectivity index (χ2n) is 5.63. The zero-order valence-corrected chi connectivity index (χ0v) is 12.5. The average Bonchev–Trinajstić information content (AvgIpc) is 3.10. The lowest BCUT2D eigenvalue weighted by atomic mass is 10.1. The fourth-order valence-corrected chi connectivity index (χ4v) is 2.78. The van der Waals surface area contributed by atoms with Crippen LogP contribution in [-0.2, 0) is 25.6 Å². The van der Waals surface area contributed by atoms with Crippen molar-refractivity contribution < 1.29 is 27.8 Å². The van der Waals surface area contributed by atoms with Crippen molar-refractivity contribution in [3.05, 3.63) is 23.9 Å². The molecule has 21 heavy (non-hydrogen) atoms. The monoisotopic (exact) mass is 300 g/mol. The van der Waals surface area contributed by atoms with Gasteiger partial charge in [0.1, 0.15) is 12.2 Å². The summed E-state index contributed by atoms with van der Waals surface area (Å²) < 4.78 is 41.5. The van der Waals surface area contributed by atoms with Crippen LogP contribution in [0.4, 0.5) is 4.39 Å². The van der Waals surface area contributed by atoms with Gasteiger partial charge in [-0.25, -0.2) is 0 Å². The molecule has 6 heteroatoms. The first-order valence-electron chi connectivity index (χ1n) is 7.41. The van der Waals surface area contributed by atoms with Crippen molar-refractivity contribution in [2.75, 3.05) is 0 Å². The van der Waals surface area contributed by atoms with Gasteiger partial charge in [0.2, 0.25) is 0 Å².